The zero-order valence-corrected chi connectivity index (χ0v) is 16.1. The van der Waals surface area contributed by atoms with Crippen LogP contribution in [0.1, 0.15) is 29.9 Å². The molecule has 0 spiro atoms. The minimum absolute atomic E-state index is 0.199. The monoisotopic (exact) mass is 379 g/mol. The van der Waals surface area contributed by atoms with Crippen molar-refractivity contribution >= 4 is 29.1 Å². The third kappa shape index (κ3) is 5.70. The number of halogens is 2. The highest BCUT2D eigenvalue weighted by molar-refractivity contribution is 6.34. The zero-order valence-electron chi connectivity index (χ0n) is 14.6. The molecule has 1 aromatic heterocycles. The van der Waals surface area contributed by atoms with Crippen LogP contribution in [-0.2, 0) is 6.54 Å². The molecule has 0 atom stereocenters. The van der Waals surface area contributed by atoms with Gasteiger partial charge >= 0.3 is 0 Å². The fraction of sp³-hybridized carbons (Fsp3) is 0.368. The average molecular weight is 380 g/mol. The first-order chi connectivity index (χ1) is 12.0. The summed E-state index contributed by atoms with van der Waals surface area (Å²) in [6, 6.07) is 13.1. The van der Waals surface area contributed by atoms with Gasteiger partial charge in [-0.25, -0.2) is 4.98 Å². The normalized spacial score (nSPS) is 10.9. The number of aromatic nitrogens is 1. The van der Waals surface area contributed by atoms with Crippen LogP contribution < -0.4 is 0 Å². The molecule has 6 heteroatoms. The van der Waals surface area contributed by atoms with Gasteiger partial charge < -0.3 is 9.80 Å². The van der Waals surface area contributed by atoms with Crippen LogP contribution in [-0.4, -0.2) is 46.9 Å². The third-order valence-corrected chi connectivity index (χ3v) is 4.61. The van der Waals surface area contributed by atoms with Crippen molar-refractivity contribution in [1.82, 2.24) is 14.8 Å². The number of rotatable bonds is 8. The summed E-state index contributed by atoms with van der Waals surface area (Å²) in [4.78, 5) is 21.2. The van der Waals surface area contributed by atoms with Crippen molar-refractivity contribution in [1.29, 1.82) is 0 Å². The highest BCUT2D eigenvalue weighted by atomic mass is 35.5. The van der Waals surface area contributed by atoms with Gasteiger partial charge in [0.15, 0.2) is 0 Å². The number of hydrogen-bond donors (Lipinski definition) is 0. The average Bonchev–Trinajstić information content (AvgIpc) is 2.63. The Kier molecular flexibility index (Phi) is 7.69. The maximum Gasteiger partial charge on any atom is 0.274 e. The molecule has 0 bridgehead atoms. The van der Waals surface area contributed by atoms with Crippen molar-refractivity contribution in [2.24, 2.45) is 0 Å². The van der Waals surface area contributed by atoms with Gasteiger partial charge in [-0.15, -0.1) is 0 Å². The third-order valence-electron chi connectivity index (χ3n) is 4.10. The lowest BCUT2D eigenvalue weighted by Gasteiger charge is -2.26. The number of pyridine rings is 1. The first-order valence-corrected chi connectivity index (χ1v) is 9.18. The van der Waals surface area contributed by atoms with Crippen molar-refractivity contribution < 1.29 is 4.79 Å². The molecular weight excluding hydrogens is 357 g/mol. The number of nitrogens with zero attached hydrogens (tertiary/aromatic N) is 3. The summed E-state index contributed by atoms with van der Waals surface area (Å²) in [6.45, 7) is 8.01. The number of carbonyl (C=O) groups is 1. The molecule has 1 heterocycles. The minimum atomic E-state index is -0.205. The van der Waals surface area contributed by atoms with Crippen molar-refractivity contribution in [2.45, 2.75) is 20.4 Å². The number of likely N-dealkylation sites (N-methyl/N-ethyl adjacent to an activating group) is 1. The van der Waals surface area contributed by atoms with Gasteiger partial charge in [0.05, 0.1) is 5.02 Å². The van der Waals surface area contributed by atoms with Crippen molar-refractivity contribution in [3.8, 4) is 0 Å². The zero-order chi connectivity index (χ0) is 18.2. The van der Waals surface area contributed by atoms with Crippen LogP contribution in [0.15, 0.2) is 42.5 Å². The van der Waals surface area contributed by atoms with E-state index in [1.807, 2.05) is 30.3 Å². The molecule has 0 radical (unpaired) electrons. The van der Waals surface area contributed by atoms with E-state index in [1.54, 1.807) is 17.0 Å². The van der Waals surface area contributed by atoms with E-state index < -0.39 is 0 Å². The molecule has 0 aliphatic heterocycles. The Labute approximate surface area is 159 Å². The molecule has 0 N–H and O–H groups in total. The smallest absolute Gasteiger partial charge is 0.274 e. The first kappa shape index (κ1) is 19.7. The van der Waals surface area contributed by atoms with Gasteiger partial charge in [0.25, 0.3) is 5.91 Å². The second kappa shape index (κ2) is 9.76. The predicted molar refractivity (Wildman–Crippen MR) is 103 cm³/mol. The largest absolute Gasteiger partial charge is 0.332 e. The van der Waals surface area contributed by atoms with Crippen LogP contribution in [0.5, 0.6) is 0 Å². The van der Waals surface area contributed by atoms with Crippen LogP contribution in [0.3, 0.4) is 0 Å². The first-order valence-electron chi connectivity index (χ1n) is 8.42. The van der Waals surface area contributed by atoms with Gasteiger partial charge in [-0.1, -0.05) is 67.4 Å². The lowest BCUT2D eigenvalue weighted by Crippen LogP contribution is -2.38. The van der Waals surface area contributed by atoms with Crippen LogP contribution in [0.2, 0.25) is 10.2 Å². The lowest BCUT2D eigenvalue weighted by atomic mass is 10.2. The molecule has 4 nitrogen and oxygen atoms in total. The van der Waals surface area contributed by atoms with Gasteiger partial charge in [0.1, 0.15) is 10.8 Å². The summed E-state index contributed by atoms with van der Waals surface area (Å²) < 4.78 is 0. The molecule has 25 heavy (non-hydrogen) atoms. The molecule has 134 valence electrons. The second-order valence-corrected chi connectivity index (χ2v) is 6.50. The Hall–Kier alpha value is -1.62. The molecule has 0 aliphatic carbocycles. The molecule has 1 aromatic carbocycles. The minimum Gasteiger partial charge on any atom is -0.332 e. The van der Waals surface area contributed by atoms with E-state index in [2.05, 4.69) is 23.7 Å². The Morgan fingerprint density at radius 2 is 1.68 bits per heavy atom. The number of amides is 1. The highest BCUT2D eigenvalue weighted by Crippen LogP contribution is 2.19. The maximum absolute atomic E-state index is 13.0. The number of benzene rings is 1. The summed E-state index contributed by atoms with van der Waals surface area (Å²) in [7, 11) is 0. The molecule has 2 rings (SSSR count). The molecule has 1 amide bonds. The summed E-state index contributed by atoms with van der Waals surface area (Å²) in [5, 5.41) is 0.575. The van der Waals surface area contributed by atoms with Gasteiger partial charge in [-0.2, -0.15) is 0 Å². The summed E-state index contributed by atoms with van der Waals surface area (Å²) in [6.07, 6.45) is 0. The molecule has 0 unspecified atom stereocenters. The number of carbonyl (C=O) groups excluding carboxylic acids is 1. The molecule has 2 aromatic rings. The molecule has 0 saturated carbocycles. The maximum atomic E-state index is 13.0. The van der Waals surface area contributed by atoms with E-state index in [9.17, 15) is 4.79 Å². The Bertz CT molecular complexity index is 690. The molecule has 0 fully saturated rings. The lowest BCUT2D eigenvalue weighted by molar-refractivity contribution is 0.0718. The molecular formula is C19H23Cl2N3O. The topological polar surface area (TPSA) is 36.4 Å². The van der Waals surface area contributed by atoms with Gasteiger partial charge in [-0.05, 0) is 30.8 Å². The van der Waals surface area contributed by atoms with Crippen molar-refractivity contribution in [3.05, 3.63) is 63.9 Å². The predicted octanol–water partition coefficient (Wildman–Crippen LogP) is 4.37. The second-order valence-electron chi connectivity index (χ2n) is 5.70. The standard InChI is InChI=1S/C19H23Cl2N3O/c1-3-23(4-2)12-13-24(14-15-8-6-5-7-9-15)19(25)18-16(20)10-11-17(21)22-18/h5-11H,3-4,12-14H2,1-2H3. The van der Waals surface area contributed by atoms with Crippen LogP contribution >= 0.6 is 23.2 Å². The fourth-order valence-electron chi connectivity index (χ4n) is 2.58. The van der Waals surface area contributed by atoms with Crippen molar-refractivity contribution in [3.63, 3.8) is 0 Å². The van der Waals surface area contributed by atoms with E-state index in [0.717, 1.165) is 25.2 Å². The van der Waals surface area contributed by atoms with Gasteiger partial charge in [-0.3, -0.25) is 4.79 Å². The van der Waals surface area contributed by atoms with E-state index in [4.69, 9.17) is 23.2 Å². The van der Waals surface area contributed by atoms with E-state index in [0.29, 0.717) is 18.1 Å². The SMILES string of the molecule is CCN(CC)CCN(Cc1ccccc1)C(=O)c1nc(Cl)ccc1Cl. The Morgan fingerprint density at radius 3 is 2.32 bits per heavy atom. The van der Waals surface area contributed by atoms with E-state index in [1.165, 1.54) is 0 Å². The summed E-state index contributed by atoms with van der Waals surface area (Å²) in [5.74, 6) is -0.205. The van der Waals surface area contributed by atoms with Crippen LogP contribution in [0.4, 0.5) is 0 Å². The fourth-order valence-corrected chi connectivity index (χ4v) is 2.91. The summed E-state index contributed by atoms with van der Waals surface area (Å²) >= 11 is 12.1. The van der Waals surface area contributed by atoms with Crippen LogP contribution in [0.25, 0.3) is 0 Å². The Balaban J connectivity index is 2.22. The summed E-state index contributed by atoms with van der Waals surface area (Å²) in [5.41, 5.74) is 1.26. The molecule has 0 saturated heterocycles. The van der Waals surface area contributed by atoms with Gasteiger partial charge in [0, 0.05) is 19.6 Å². The Morgan fingerprint density at radius 1 is 1.00 bits per heavy atom. The number of hydrogen-bond acceptors (Lipinski definition) is 3. The van der Waals surface area contributed by atoms with Crippen LogP contribution in [0, 0.1) is 0 Å². The van der Waals surface area contributed by atoms with E-state index in [-0.39, 0.29) is 16.8 Å². The quantitative estimate of drug-likeness (QED) is 0.638. The highest BCUT2D eigenvalue weighted by Gasteiger charge is 2.21. The van der Waals surface area contributed by atoms with Gasteiger partial charge in [0.2, 0.25) is 0 Å². The van der Waals surface area contributed by atoms with E-state index >= 15 is 0 Å². The van der Waals surface area contributed by atoms with Crippen molar-refractivity contribution in [2.75, 3.05) is 26.2 Å². The molecule has 0 aliphatic rings.